The van der Waals surface area contributed by atoms with Crippen LogP contribution >= 0.6 is 11.8 Å². The third kappa shape index (κ3) is 10.7. The van der Waals surface area contributed by atoms with E-state index in [0.29, 0.717) is 10.7 Å². The van der Waals surface area contributed by atoms with Crippen LogP contribution in [0, 0.1) is 0 Å². The van der Waals surface area contributed by atoms with Crippen molar-refractivity contribution in [2.75, 3.05) is 11.5 Å². The molecule has 0 saturated carbocycles. The summed E-state index contributed by atoms with van der Waals surface area (Å²) in [7, 11) is 0. The fraction of sp³-hybridized carbons (Fsp3) is 0.452. The van der Waals surface area contributed by atoms with E-state index in [4.69, 9.17) is 0 Å². The van der Waals surface area contributed by atoms with Crippen molar-refractivity contribution in [1.29, 1.82) is 0 Å². The van der Waals surface area contributed by atoms with Crippen molar-refractivity contribution < 1.29 is 34.2 Å². The second kappa shape index (κ2) is 16.6. The highest BCUT2D eigenvalue weighted by Gasteiger charge is 2.42. The van der Waals surface area contributed by atoms with E-state index in [1.807, 2.05) is 6.92 Å². The van der Waals surface area contributed by atoms with Crippen molar-refractivity contribution in [2.24, 2.45) is 0 Å². The molecule has 1 aromatic rings. The van der Waals surface area contributed by atoms with E-state index in [1.54, 1.807) is 12.1 Å². The summed E-state index contributed by atoms with van der Waals surface area (Å²) in [5, 5.41) is 21.6. The van der Waals surface area contributed by atoms with Gasteiger partial charge in [0.15, 0.2) is 0 Å². The quantitative estimate of drug-likeness (QED) is 0.128. The average molecular weight is 585 g/mol. The van der Waals surface area contributed by atoms with Gasteiger partial charge in [-0.3, -0.25) is 19.3 Å². The van der Waals surface area contributed by atoms with Crippen LogP contribution in [-0.2, 0) is 14.4 Å². The third-order valence-corrected chi connectivity index (χ3v) is 7.63. The maximum absolute atomic E-state index is 12.7. The molecule has 0 spiro atoms. The van der Waals surface area contributed by atoms with Crippen LogP contribution < -0.4 is 5.32 Å². The Hall–Kier alpha value is -3.66. The number of fused-ring (bicyclic) bond motifs is 1. The molecule has 0 fully saturated rings. The molecule has 41 heavy (non-hydrogen) atoms. The highest BCUT2D eigenvalue weighted by atomic mass is 32.2. The maximum atomic E-state index is 12.7. The molecule has 10 heteroatoms. The zero-order valence-electron chi connectivity index (χ0n) is 24.1. The number of amides is 3. The largest absolute Gasteiger partial charge is 0.480 e. The summed E-state index contributed by atoms with van der Waals surface area (Å²) in [4.78, 5) is 62.1. The van der Waals surface area contributed by atoms with Gasteiger partial charge in [0, 0.05) is 17.9 Å². The number of nitrogens with zero attached hydrogens (tertiary/aromatic N) is 1. The first-order valence-corrected chi connectivity index (χ1v) is 14.8. The fourth-order valence-electron chi connectivity index (χ4n) is 4.29. The predicted octanol–water partition coefficient (Wildman–Crippen LogP) is 5.24. The maximum Gasteiger partial charge on any atom is 0.327 e. The molecule has 3 amide bonds. The fourth-order valence-corrected chi connectivity index (χ4v) is 5.29. The summed E-state index contributed by atoms with van der Waals surface area (Å²) >= 11 is 1.37. The molecule has 222 valence electrons. The van der Waals surface area contributed by atoms with Crippen LogP contribution in [0.4, 0.5) is 0 Å². The summed E-state index contributed by atoms with van der Waals surface area (Å²) in [6.07, 6.45) is 9.79. The number of rotatable bonds is 17. The van der Waals surface area contributed by atoms with Gasteiger partial charge in [-0.2, -0.15) is 11.8 Å². The number of thioether (sulfide) groups is 1. The van der Waals surface area contributed by atoms with Crippen LogP contribution in [0.3, 0.4) is 0 Å². The molecule has 1 unspecified atom stereocenters. The van der Waals surface area contributed by atoms with E-state index in [0.717, 1.165) is 25.7 Å². The lowest BCUT2D eigenvalue weighted by Crippen LogP contribution is -2.46. The second-order valence-electron chi connectivity index (χ2n) is 10.4. The lowest BCUT2D eigenvalue weighted by atomic mass is 10.1. The van der Waals surface area contributed by atoms with Gasteiger partial charge in [0.2, 0.25) is 5.91 Å². The third-order valence-electron chi connectivity index (χ3n) is 6.66. The van der Waals surface area contributed by atoms with Crippen molar-refractivity contribution >= 4 is 41.4 Å². The predicted molar refractivity (Wildman–Crippen MR) is 160 cm³/mol. The minimum atomic E-state index is -1.55. The minimum Gasteiger partial charge on any atom is -0.480 e. The standard InChI is InChI=1S/C31H40N2O7S/c1-20(2)9-7-10-21(3)11-8-12-22(4)17-18-41-19-25(30(37)38)32-27(34)16-15-26(31(39)40)33-28(35)23-13-5-6-14-24(23)29(33)36/h5-6,9,11,13-14,17,25-26H,7-8,10,12,15-16,18-19H2,1-4H3,(H,32,34)(H,37,38)(H,39,40)/t25-,26?/m0/s1. The zero-order valence-corrected chi connectivity index (χ0v) is 25.0. The molecular weight excluding hydrogens is 544 g/mol. The second-order valence-corrected chi connectivity index (χ2v) is 11.4. The highest BCUT2D eigenvalue weighted by Crippen LogP contribution is 2.26. The summed E-state index contributed by atoms with van der Waals surface area (Å²) in [6.45, 7) is 8.37. The van der Waals surface area contributed by atoms with Crippen molar-refractivity contribution in [3.8, 4) is 0 Å². The summed E-state index contributed by atoms with van der Waals surface area (Å²) in [5.41, 5.74) is 4.12. The average Bonchev–Trinajstić information content (AvgIpc) is 3.15. The van der Waals surface area contributed by atoms with Gasteiger partial charge in [-0.05, 0) is 71.9 Å². The van der Waals surface area contributed by atoms with Crippen LogP contribution in [0.25, 0.3) is 0 Å². The SMILES string of the molecule is CC(C)=CCCC(C)=CCCC(C)=CCSC[C@H](NC(=O)CCC(C(=O)O)N1C(=O)c2ccccc2C1=O)C(=O)O. The number of carboxylic acids is 2. The Balaban J connectivity index is 1.81. The van der Waals surface area contributed by atoms with Crippen molar-refractivity contribution in [1.82, 2.24) is 10.2 Å². The molecule has 2 atom stereocenters. The Kier molecular flexibility index (Phi) is 13.6. The number of carbonyl (C=O) groups is 5. The van der Waals surface area contributed by atoms with Crippen LogP contribution in [0.5, 0.6) is 0 Å². The Bertz CT molecular complexity index is 1200. The molecule has 0 radical (unpaired) electrons. The zero-order chi connectivity index (χ0) is 30.5. The van der Waals surface area contributed by atoms with E-state index in [2.05, 4.69) is 44.3 Å². The molecule has 1 heterocycles. The van der Waals surface area contributed by atoms with E-state index >= 15 is 0 Å². The Morgan fingerprint density at radius 1 is 0.854 bits per heavy atom. The van der Waals surface area contributed by atoms with Gasteiger partial charge in [0.05, 0.1) is 11.1 Å². The molecule has 0 aromatic heterocycles. The van der Waals surface area contributed by atoms with E-state index < -0.39 is 41.7 Å². The number of hydrogen-bond acceptors (Lipinski definition) is 6. The van der Waals surface area contributed by atoms with Crippen LogP contribution in [0.1, 0.15) is 86.9 Å². The van der Waals surface area contributed by atoms with Crippen molar-refractivity contribution in [3.63, 3.8) is 0 Å². The van der Waals surface area contributed by atoms with Crippen LogP contribution in [0.15, 0.2) is 59.2 Å². The number of carboxylic acid groups (broad SMARTS) is 2. The molecule has 0 saturated heterocycles. The van der Waals surface area contributed by atoms with Gasteiger partial charge in [-0.15, -0.1) is 0 Å². The monoisotopic (exact) mass is 584 g/mol. The Morgan fingerprint density at radius 2 is 1.41 bits per heavy atom. The van der Waals surface area contributed by atoms with Gasteiger partial charge >= 0.3 is 11.9 Å². The molecule has 1 aromatic carbocycles. The highest BCUT2D eigenvalue weighted by molar-refractivity contribution is 7.99. The number of nitrogens with one attached hydrogen (secondary N) is 1. The van der Waals surface area contributed by atoms with Gasteiger partial charge < -0.3 is 15.5 Å². The summed E-state index contributed by atoms with van der Waals surface area (Å²) < 4.78 is 0. The first kappa shape index (κ1) is 33.5. The van der Waals surface area contributed by atoms with Gasteiger partial charge in [0.1, 0.15) is 12.1 Å². The van der Waals surface area contributed by atoms with E-state index in [9.17, 15) is 34.2 Å². The molecule has 2 rings (SSSR count). The first-order valence-electron chi connectivity index (χ1n) is 13.7. The normalized spacial score (nSPS) is 14.9. The molecule has 0 aliphatic carbocycles. The Morgan fingerprint density at radius 3 is 1.95 bits per heavy atom. The molecular formula is C31H40N2O7S. The minimum absolute atomic E-state index is 0.113. The number of carbonyl (C=O) groups excluding carboxylic acids is 3. The lowest BCUT2D eigenvalue weighted by Gasteiger charge is -2.22. The van der Waals surface area contributed by atoms with Crippen LogP contribution in [-0.4, -0.2) is 68.4 Å². The van der Waals surface area contributed by atoms with Gasteiger partial charge in [-0.25, -0.2) is 9.59 Å². The molecule has 1 aliphatic rings. The molecule has 9 nitrogen and oxygen atoms in total. The topological polar surface area (TPSA) is 141 Å². The van der Waals surface area contributed by atoms with Crippen molar-refractivity contribution in [2.45, 2.75) is 78.3 Å². The van der Waals surface area contributed by atoms with E-state index in [1.165, 1.54) is 40.6 Å². The number of hydrogen-bond donors (Lipinski definition) is 3. The summed E-state index contributed by atoms with van der Waals surface area (Å²) in [5.74, 6) is -4.02. The smallest absolute Gasteiger partial charge is 0.327 e. The van der Waals surface area contributed by atoms with Crippen molar-refractivity contribution in [3.05, 3.63) is 70.3 Å². The lowest BCUT2D eigenvalue weighted by molar-refractivity contribution is -0.143. The Labute approximate surface area is 245 Å². The number of allylic oxidation sites excluding steroid dienone is 5. The van der Waals surface area contributed by atoms with Crippen LogP contribution in [0.2, 0.25) is 0 Å². The number of benzene rings is 1. The molecule has 1 aliphatic heterocycles. The van der Waals surface area contributed by atoms with Gasteiger partial charge in [0.25, 0.3) is 11.8 Å². The summed E-state index contributed by atoms with van der Waals surface area (Å²) in [6, 6.07) is 3.33. The molecule has 3 N–H and O–H groups in total. The number of imide groups is 1. The van der Waals surface area contributed by atoms with Gasteiger partial charge in [-0.1, -0.05) is 47.1 Å². The molecule has 0 bridgehead atoms. The number of aliphatic carboxylic acids is 2. The first-order chi connectivity index (χ1) is 19.4. The van der Waals surface area contributed by atoms with E-state index in [-0.39, 0.29) is 29.7 Å².